The zero-order valence-corrected chi connectivity index (χ0v) is 12.6. The van der Waals surface area contributed by atoms with Crippen LogP contribution in [-0.2, 0) is 0 Å². The van der Waals surface area contributed by atoms with E-state index in [-0.39, 0.29) is 0 Å². The highest BCUT2D eigenvalue weighted by Gasteiger charge is 2.13. The SMILES string of the molecule is CCCNc1nc(N(C)CC(C)O)nc(-n2cccn2)n1. The van der Waals surface area contributed by atoms with Gasteiger partial charge >= 0.3 is 0 Å². The first kappa shape index (κ1) is 15.2. The number of aromatic nitrogens is 5. The zero-order chi connectivity index (χ0) is 15.2. The lowest BCUT2D eigenvalue weighted by atomic mass is 10.4. The fourth-order valence-electron chi connectivity index (χ4n) is 1.81. The standard InChI is InChI=1S/C13H21N7O/c1-4-6-14-11-16-12(19(3)9-10(2)21)18-13(17-11)20-8-5-7-15-20/h5,7-8,10,21H,4,6,9H2,1-3H3,(H,14,16,17,18). The van der Waals surface area contributed by atoms with Gasteiger partial charge in [0.15, 0.2) is 0 Å². The normalized spacial score (nSPS) is 12.2. The monoisotopic (exact) mass is 291 g/mol. The molecule has 0 radical (unpaired) electrons. The Hall–Kier alpha value is -2.22. The molecular weight excluding hydrogens is 270 g/mol. The van der Waals surface area contributed by atoms with Crippen molar-refractivity contribution in [2.45, 2.75) is 26.4 Å². The fraction of sp³-hybridized carbons (Fsp3) is 0.538. The summed E-state index contributed by atoms with van der Waals surface area (Å²) >= 11 is 0. The van der Waals surface area contributed by atoms with Gasteiger partial charge in [0.2, 0.25) is 11.9 Å². The van der Waals surface area contributed by atoms with Gasteiger partial charge in [-0.3, -0.25) is 0 Å². The molecule has 0 fully saturated rings. The number of likely N-dealkylation sites (N-methyl/N-ethyl adjacent to an activating group) is 1. The Labute approximate surface area is 123 Å². The van der Waals surface area contributed by atoms with Crippen molar-refractivity contribution >= 4 is 11.9 Å². The van der Waals surface area contributed by atoms with Crippen LogP contribution in [0.15, 0.2) is 18.5 Å². The smallest absolute Gasteiger partial charge is 0.257 e. The molecule has 1 atom stereocenters. The van der Waals surface area contributed by atoms with Gasteiger partial charge in [-0.1, -0.05) is 6.92 Å². The molecule has 1 unspecified atom stereocenters. The van der Waals surface area contributed by atoms with E-state index >= 15 is 0 Å². The molecule has 0 bridgehead atoms. The van der Waals surface area contributed by atoms with Crippen molar-refractivity contribution in [3.63, 3.8) is 0 Å². The Balaban J connectivity index is 2.32. The number of anilines is 2. The van der Waals surface area contributed by atoms with Crippen molar-refractivity contribution in [2.75, 3.05) is 30.4 Å². The molecule has 0 amide bonds. The second-order valence-corrected chi connectivity index (χ2v) is 4.87. The molecule has 8 nitrogen and oxygen atoms in total. The molecule has 0 aliphatic heterocycles. The summed E-state index contributed by atoms with van der Waals surface area (Å²) in [4.78, 5) is 14.9. The first-order valence-corrected chi connectivity index (χ1v) is 6.99. The molecule has 2 N–H and O–H groups in total. The summed E-state index contributed by atoms with van der Waals surface area (Å²) in [5, 5.41) is 16.8. The average Bonchev–Trinajstić information content (AvgIpc) is 2.98. The third-order valence-corrected chi connectivity index (χ3v) is 2.73. The van der Waals surface area contributed by atoms with Crippen molar-refractivity contribution in [2.24, 2.45) is 0 Å². The van der Waals surface area contributed by atoms with Crippen LogP contribution in [0.1, 0.15) is 20.3 Å². The molecule has 0 saturated carbocycles. The Morgan fingerprint density at radius 1 is 1.38 bits per heavy atom. The molecule has 2 aromatic rings. The molecule has 0 saturated heterocycles. The van der Waals surface area contributed by atoms with Crippen molar-refractivity contribution in [3.05, 3.63) is 18.5 Å². The topological polar surface area (TPSA) is 92.0 Å². The van der Waals surface area contributed by atoms with E-state index in [1.165, 1.54) is 0 Å². The molecule has 0 aromatic carbocycles. The van der Waals surface area contributed by atoms with Crippen molar-refractivity contribution in [1.82, 2.24) is 24.7 Å². The maximum Gasteiger partial charge on any atom is 0.257 e. The summed E-state index contributed by atoms with van der Waals surface area (Å²) in [6.07, 6.45) is 3.95. The highest BCUT2D eigenvalue weighted by Crippen LogP contribution is 2.12. The molecule has 21 heavy (non-hydrogen) atoms. The lowest BCUT2D eigenvalue weighted by molar-refractivity contribution is 0.201. The van der Waals surface area contributed by atoms with Crippen LogP contribution in [-0.4, -0.2) is 56.1 Å². The third-order valence-electron chi connectivity index (χ3n) is 2.73. The summed E-state index contributed by atoms with van der Waals surface area (Å²) in [6.45, 7) is 5.02. The minimum absolute atomic E-state index is 0.440. The van der Waals surface area contributed by atoms with Gasteiger partial charge in [-0.15, -0.1) is 0 Å². The van der Waals surface area contributed by atoms with E-state index in [4.69, 9.17) is 0 Å². The Bertz CT molecular complexity index is 556. The first-order chi connectivity index (χ1) is 10.1. The van der Waals surface area contributed by atoms with Crippen LogP contribution in [0.5, 0.6) is 0 Å². The molecule has 0 spiro atoms. The molecule has 2 heterocycles. The first-order valence-electron chi connectivity index (χ1n) is 6.99. The third kappa shape index (κ3) is 4.12. The number of rotatable bonds is 7. The second kappa shape index (κ2) is 6.98. The van der Waals surface area contributed by atoms with Gasteiger partial charge in [0.1, 0.15) is 0 Å². The fourth-order valence-corrected chi connectivity index (χ4v) is 1.81. The second-order valence-electron chi connectivity index (χ2n) is 4.87. The summed E-state index contributed by atoms with van der Waals surface area (Å²) in [5.41, 5.74) is 0. The van der Waals surface area contributed by atoms with Crippen LogP contribution in [0.25, 0.3) is 5.95 Å². The maximum absolute atomic E-state index is 9.50. The molecule has 0 aliphatic carbocycles. The summed E-state index contributed by atoms with van der Waals surface area (Å²) in [6, 6.07) is 1.81. The van der Waals surface area contributed by atoms with Crippen molar-refractivity contribution in [3.8, 4) is 5.95 Å². The number of hydrogen-bond donors (Lipinski definition) is 2. The molecule has 8 heteroatoms. The van der Waals surface area contributed by atoms with E-state index in [0.717, 1.165) is 13.0 Å². The van der Waals surface area contributed by atoms with Crippen LogP contribution in [0.4, 0.5) is 11.9 Å². The van der Waals surface area contributed by atoms with Gasteiger partial charge in [0, 0.05) is 32.5 Å². The van der Waals surface area contributed by atoms with Crippen LogP contribution in [0.2, 0.25) is 0 Å². The summed E-state index contributed by atoms with van der Waals surface area (Å²) in [7, 11) is 1.83. The van der Waals surface area contributed by atoms with Crippen molar-refractivity contribution in [1.29, 1.82) is 0 Å². The largest absolute Gasteiger partial charge is 0.392 e. The predicted molar refractivity (Wildman–Crippen MR) is 80.7 cm³/mol. The maximum atomic E-state index is 9.50. The highest BCUT2D eigenvalue weighted by molar-refractivity contribution is 5.39. The van der Waals surface area contributed by atoms with E-state index in [9.17, 15) is 5.11 Å². The predicted octanol–water partition coefficient (Wildman–Crippen LogP) is 0.696. The molecule has 2 aromatic heterocycles. The molecule has 0 aliphatic rings. The summed E-state index contributed by atoms with van der Waals surface area (Å²) in [5.74, 6) is 1.45. The Kier molecular flexibility index (Phi) is 5.04. The van der Waals surface area contributed by atoms with Crippen LogP contribution in [0, 0.1) is 0 Å². The summed E-state index contributed by atoms with van der Waals surface area (Å²) < 4.78 is 1.58. The number of aliphatic hydroxyl groups is 1. The van der Waals surface area contributed by atoms with Gasteiger partial charge in [0.25, 0.3) is 5.95 Å². The lowest BCUT2D eigenvalue weighted by Gasteiger charge is -2.19. The van der Waals surface area contributed by atoms with Crippen LogP contribution in [0.3, 0.4) is 0 Å². The lowest BCUT2D eigenvalue weighted by Crippen LogP contribution is -2.29. The van der Waals surface area contributed by atoms with E-state index < -0.39 is 6.10 Å². The molecule has 2 rings (SSSR count). The Morgan fingerprint density at radius 3 is 2.81 bits per heavy atom. The van der Waals surface area contributed by atoms with E-state index in [2.05, 4.69) is 32.3 Å². The molecule has 114 valence electrons. The van der Waals surface area contributed by atoms with E-state index in [1.807, 2.05) is 13.1 Å². The van der Waals surface area contributed by atoms with Gasteiger partial charge in [0.05, 0.1) is 6.10 Å². The quantitative estimate of drug-likeness (QED) is 0.775. The van der Waals surface area contributed by atoms with Gasteiger partial charge in [-0.2, -0.15) is 20.1 Å². The van der Waals surface area contributed by atoms with Crippen molar-refractivity contribution < 1.29 is 5.11 Å². The van der Waals surface area contributed by atoms with Gasteiger partial charge in [-0.05, 0) is 19.4 Å². The van der Waals surface area contributed by atoms with Crippen LogP contribution < -0.4 is 10.2 Å². The van der Waals surface area contributed by atoms with E-state index in [1.54, 1.807) is 28.9 Å². The zero-order valence-electron chi connectivity index (χ0n) is 12.6. The Morgan fingerprint density at radius 2 is 2.19 bits per heavy atom. The highest BCUT2D eigenvalue weighted by atomic mass is 16.3. The molecular formula is C13H21N7O. The average molecular weight is 291 g/mol. The number of aliphatic hydroxyl groups excluding tert-OH is 1. The minimum atomic E-state index is -0.466. The number of nitrogens with one attached hydrogen (secondary N) is 1. The van der Waals surface area contributed by atoms with Crippen LogP contribution >= 0.6 is 0 Å². The van der Waals surface area contributed by atoms with Gasteiger partial charge in [-0.25, -0.2) is 4.68 Å². The number of hydrogen-bond acceptors (Lipinski definition) is 7. The van der Waals surface area contributed by atoms with E-state index in [0.29, 0.717) is 24.4 Å². The number of nitrogens with zero attached hydrogens (tertiary/aromatic N) is 6. The minimum Gasteiger partial charge on any atom is -0.392 e. The van der Waals surface area contributed by atoms with Gasteiger partial charge < -0.3 is 15.3 Å².